The lowest BCUT2D eigenvalue weighted by Gasteiger charge is -2.28. The summed E-state index contributed by atoms with van der Waals surface area (Å²) in [7, 11) is 0. The molecule has 4 heteroatoms. The van der Waals surface area contributed by atoms with Crippen LogP contribution in [0.2, 0.25) is 0 Å². The molecule has 0 bridgehead atoms. The second-order valence-electron chi connectivity index (χ2n) is 4.37. The molecular weight excluding hydrogens is 204 g/mol. The lowest BCUT2D eigenvalue weighted by molar-refractivity contribution is 0.0314. The van der Waals surface area contributed by atoms with Crippen molar-refractivity contribution in [2.75, 3.05) is 13.1 Å². The van der Waals surface area contributed by atoms with Crippen molar-refractivity contribution in [1.29, 1.82) is 0 Å². The zero-order valence-electron chi connectivity index (χ0n) is 9.97. The van der Waals surface area contributed by atoms with Gasteiger partial charge in [-0.25, -0.2) is 0 Å². The molecule has 1 rings (SSSR count). The molecule has 1 heterocycles. The first kappa shape index (κ1) is 12.6. The molecule has 0 fully saturated rings. The molecule has 1 aromatic rings. The summed E-state index contributed by atoms with van der Waals surface area (Å²) in [4.78, 5) is 17.5. The number of aliphatic hydroxyl groups is 1. The maximum Gasteiger partial charge on any atom is 0.255 e. The van der Waals surface area contributed by atoms with Gasteiger partial charge in [0, 0.05) is 25.5 Å². The minimum atomic E-state index is -0.881. The Hall–Kier alpha value is -1.42. The van der Waals surface area contributed by atoms with Crippen molar-refractivity contribution in [1.82, 2.24) is 9.88 Å². The number of likely N-dealkylation sites (N-methyl/N-ethyl adjacent to an activating group) is 1. The number of amides is 1. The van der Waals surface area contributed by atoms with Crippen molar-refractivity contribution >= 4 is 5.91 Å². The maximum atomic E-state index is 12.0. The molecule has 88 valence electrons. The highest BCUT2D eigenvalue weighted by molar-refractivity contribution is 5.93. The Kier molecular flexibility index (Phi) is 4.01. The topological polar surface area (TPSA) is 53.4 Å². The van der Waals surface area contributed by atoms with Crippen LogP contribution in [0.5, 0.6) is 0 Å². The van der Waals surface area contributed by atoms with Crippen LogP contribution in [-0.4, -0.2) is 39.6 Å². The molecule has 1 N–H and O–H groups in total. The first-order valence-corrected chi connectivity index (χ1v) is 5.35. The average molecular weight is 222 g/mol. The number of carbonyl (C=O) groups excluding carboxylic acids is 1. The molecule has 0 aliphatic heterocycles. The number of aromatic nitrogens is 1. The number of rotatable bonds is 4. The van der Waals surface area contributed by atoms with Crippen molar-refractivity contribution in [2.45, 2.75) is 26.4 Å². The highest BCUT2D eigenvalue weighted by Crippen LogP contribution is 2.09. The van der Waals surface area contributed by atoms with E-state index in [-0.39, 0.29) is 5.91 Å². The highest BCUT2D eigenvalue weighted by atomic mass is 16.3. The van der Waals surface area contributed by atoms with E-state index in [0.29, 0.717) is 18.7 Å². The lowest BCUT2D eigenvalue weighted by Crippen LogP contribution is -2.42. The smallest absolute Gasteiger partial charge is 0.255 e. The third kappa shape index (κ3) is 3.62. The Bertz CT molecular complexity index is 344. The van der Waals surface area contributed by atoms with Crippen LogP contribution in [0.1, 0.15) is 31.1 Å². The van der Waals surface area contributed by atoms with Crippen LogP contribution in [0.15, 0.2) is 24.5 Å². The number of hydrogen-bond donors (Lipinski definition) is 1. The largest absolute Gasteiger partial charge is 0.389 e. The molecule has 0 aliphatic rings. The van der Waals surface area contributed by atoms with Gasteiger partial charge in [0.15, 0.2) is 0 Å². The van der Waals surface area contributed by atoms with Gasteiger partial charge in [0.05, 0.1) is 11.2 Å². The van der Waals surface area contributed by atoms with E-state index in [2.05, 4.69) is 4.98 Å². The van der Waals surface area contributed by atoms with Gasteiger partial charge in [0.2, 0.25) is 0 Å². The van der Waals surface area contributed by atoms with Gasteiger partial charge in [-0.2, -0.15) is 0 Å². The Morgan fingerprint density at radius 1 is 1.56 bits per heavy atom. The van der Waals surface area contributed by atoms with E-state index in [1.807, 2.05) is 6.92 Å². The van der Waals surface area contributed by atoms with Crippen LogP contribution >= 0.6 is 0 Å². The van der Waals surface area contributed by atoms with Crippen LogP contribution < -0.4 is 0 Å². The van der Waals surface area contributed by atoms with Crippen LogP contribution in [0.4, 0.5) is 0 Å². The van der Waals surface area contributed by atoms with Crippen molar-refractivity contribution in [3.8, 4) is 0 Å². The van der Waals surface area contributed by atoms with Crippen molar-refractivity contribution in [3.63, 3.8) is 0 Å². The summed E-state index contributed by atoms with van der Waals surface area (Å²) < 4.78 is 0. The van der Waals surface area contributed by atoms with Crippen LogP contribution in [0.3, 0.4) is 0 Å². The lowest BCUT2D eigenvalue weighted by atomic mass is 10.1. The molecule has 0 aromatic carbocycles. The number of carbonyl (C=O) groups is 1. The first-order chi connectivity index (χ1) is 7.44. The minimum Gasteiger partial charge on any atom is -0.389 e. The third-order valence-corrected chi connectivity index (χ3v) is 2.16. The summed E-state index contributed by atoms with van der Waals surface area (Å²) in [5, 5.41) is 9.71. The summed E-state index contributed by atoms with van der Waals surface area (Å²) in [5.41, 5.74) is -0.331. The number of pyridine rings is 1. The predicted octanol–water partition coefficient (Wildman–Crippen LogP) is 1.31. The Balaban J connectivity index is 2.78. The van der Waals surface area contributed by atoms with Gasteiger partial charge in [0.1, 0.15) is 0 Å². The second kappa shape index (κ2) is 5.07. The van der Waals surface area contributed by atoms with E-state index in [0.717, 1.165) is 0 Å². The van der Waals surface area contributed by atoms with Gasteiger partial charge in [-0.3, -0.25) is 9.78 Å². The summed E-state index contributed by atoms with van der Waals surface area (Å²) >= 11 is 0. The van der Waals surface area contributed by atoms with Gasteiger partial charge >= 0.3 is 0 Å². The number of nitrogens with zero attached hydrogens (tertiary/aromatic N) is 2. The molecule has 0 unspecified atom stereocenters. The van der Waals surface area contributed by atoms with E-state index in [1.165, 1.54) is 6.20 Å². The van der Waals surface area contributed by atoms with E-state index < -0.39 is 5.60 Å². The maximum absolute atomic E-state index is 12.0. The normalized spacial score (nSPS) is 11.2. The van der Waals surface area contributed by atoms with E-state index >= 15 is 0 Å². The molecule has 0 aliphatic carbocycles. The first-order valence-electron chi connectivity index (χ1n) is 5.35. The summed E-state index contributed by atoms with van der Waals surface area (Å²) in [5.74, 6) is -0.0993. The Morgan fingerprint density at radius 3 is 2.69 bits per heavy atom. The van der Waals surface area contributed by atoms with Gasteiger partial charge < -0.3 is 10.0 Å². The van der Waals surface area contributed by atoms with Gasteiger partial charge in [0.25, 0.3) is 5.91 Å². The molecule has 0 radical (unpaired) electrons. The zero-order chi connectivity index (χ0) is 12.2. The second-order valence-corrected chi connectivity index (χ2v) is 4.37. The minimum absolute atomic E-state index is 0.0993. The molecule has 0 atom stereocenters. The van der Waals surface area contributed by atoms with E-state index in [9.17, 15) is 9.90 Å². The molecular formula is C12H18N2O2. The fourth-order valence-electron chi connectivity index (χ4n) is 1.47. The predicted molar refractivity (Wildman–Crippen MR) is 62.1 cm³/mol. The molecule has 0 saturated heterocycles. The van der Waals surface area contributed by atoms with Gasteiger partial charge in [-0.15, -0.1) is 0 Å². The molecule has 1 amide bonds. The average Bonchev–Trinajstić information content (AvgIpc) is 2.25. The van der Waals surface area contributed by atoms with Gasteiger partial charge in [-0.05, 0) is 32.9 Å². The highest BCUT2D eigenvalue weighted by Gasteiger charge is 2.22. The monoisotopic (exact) mass is 222 g/mol. The fraction of sp³-hybridized carbons (Fsp3) is 0.500. The zero-order valence-corrected chi connectivity index (χ0v) is 9.97. The standard InChI is InChI=1S/C12H18N2O2/c1-4-14(9-12(2,3)16)11(15)10-6-5-7-13-8-10/h5-8,16H,4,9H2,1-3H3. The number of hydrogen-bond acceptors (Lipinski definition) is 3. The fourth-order valence-corrected chi connectivity index (χ4v) is 1.47. The molecule has 0 spiro atoms. The van der Waals surface area contributed by atoms with Crippen molar-refractivity contribution < 1.29 is 9.90 Å². The molecule has 16 heavy (non-hydrogen) atoms. The SMILES string of the molecule is CCN(CC(C)(C)O)C(=O)c1cccnc1. The molecule has 1 aromatic heterocycles. The van der Waals surface area contributed by atoms with Crippen LogP contribution in [-0.2, 0) is 0 Å². The Labute approximate surface area is 95.9 Å². The van der Waals surface area contributed by atoms with Crippen molar-refractivity contribution in [2.24, 2.45) is 0 Å². The van der Waals surface area contributed by atoms with Crippen LogP contribution in [0.25, 0.3) is 0 Å². The van der Waals surface area contributed by atoms with E-state index in [4.69, 9.17) is 0 Å². The van der Waals surface area contributed by atoms with E-state index in [1.54, 1.807) is 37.1 Å². The third-order valence-electron chi connectivity index (χ3n) is 2.16. The summed E-state index contributed by atoms with van der Waals surface area (Å²) in [6.45, 7) is 6.15. The van der Waals surface area contributed by atoms with Crippen molar-refractivity contribution in [3.05, 3.63) is 30.1 Å². The van der Waals surface area contributed by atoms with Gasteiger partial charge in [-0.1, -0.05) is 0 Å². The quantitative estimate of drug-likeness (QED) is 0.835. The Morgan fingerprint density at radius 2 is 2.25 bits per heavy atom. The molecule has 0 saturated carbocycles. The summed E-state index contributed by atoms with van der Waals surface area (Å²) in [6.07, 6.45) is 3.17. The molecule has 4 nitrogen and oxygen atoms in total. The summed E-state index contributed by atoms with van der Waals surface area (Å²) in [6, 6.07) is 3.45. The van der Waals surface area contributed by atoms with Crippen LogP contribution in [0, 0.1) is 0 Å².